The van der Waals surface area contributed by atoms with E-state index in [1.807, 2.05) is 42.2 Å². The summed E-state index contributed by atoms with van der Waals surface area (Å²) in [6.07, 6.45) is 2.77. The van der Waals surface area contributed by atoms with Crippen LogP contribution < -0.4 is 10.1 Å². The van der Waals surface area contributed by atoms with Gasteiger partial charge in [0, 0.05) is 25.8 Å². The van der Waals surface area contributed by atoms with Crippen molar-refractivity contribution in [2.45, 2.75) is 25.9 Å². The average molecular weight is 259 g/mol. The molecular formula is C15H21N3O. The predicted octanol–water partition coefficient (Wildman–Crippen LogP) is 2.15. The van der Waals surface area contributed by atoms with Crippen LogP contribution in [0, 0.1) is 0 Å². The van der Waals surface area contributed by atoms with Crippen molar-refractivity contribution >= 4 is 0 Å². The van der Waals surface area contributed by atoms with Crippen molar-refractivity contribution in [3.05, 3.63) is 47.8 Å². The molecule has 0 spiro atoms. The molecule has 102 valence electrons. The van der Waals surface area contributed by atoms with Gasteiger partial charge in [-0.1, -0.05) is 18.2 Å². The molecule has 4 nitrogen and oxygen atoms in total. The molecule has 0 amide bonds. The fraction of sp³-hybridized carbons (Fsp3) is 0.400. The Morgan fingerprint density at radius 3 is 2.79 bits per heavy atom. The third-order valence-corrected chi connectivity index (χ3v) is 3.27. The van der Waals surface area contributed by atoms with E-state index in [0.717, 1.165) is 18.7 Å². The maximum Gasteiger partial charge on any atom is 0.122 e. The summed E-state index contributed by atoms with van der Waals surface area (Å²) in [5.41, 5.74) is 2.42. The van der Waals surface area contributed by atoms with Crippen LogP contribution in [0.2, 0.25) is 0 Å². The van der Waals surface area contributed by atoms with E-state index in [2.05, 4.69) is 23.4 Å². The standard InChI is InChI=1S/C15H21N3O/c1-12(16-11-14-8-9-17-18(14)2)10-13-6-4-5-7-15(13)19-3/h4-9,12,16H,10-11H2,1-3H3. The minimum Gasteiger partial charge on any atom is -0.496 e. The maximum absolute atomic E-state index is 5.37. The van der Waals surface area contributed by atoms with Crippen molar-refractivity contribution in [2.75, 3.05) is 7.11 Å². The van der Waals surface area contributed by atoms with E-state index in [9.17, 15) is 0 Å². The third-order valence-electron chi connectivity index (χ3n) is 3.27. The van der Waals surface area contributed by atoms with Crippen molar-refractivity contribution < 1.29 is 4.74 Å². The molecule has 1 atom stereocenters. The van der Waals surface area contributed by atoms with Gasteiger partial charge in [0.05, 0.1) is 12.8 Å². The number of hydrogen-bond acceptors (Lipinski definition) is 3. The number of aryl methyl sites for hydroxylation is 1. The molecule has 0 saturated heterocycles. The lowest BCUT2D eigenvalue weighted by molar-refractivity contribution is 0.405. The summed E-state index contributed by atoms with van der Waals surface area (Å²) in [5.74, 6) is 0.955. The molecule has 19 heavy (non-hydrogen) atoms. The number of aromatic nitrogens is 2. The predicted molar refractivity (Wildman–Crippen MR) is 76.2 cm³/mol. The number of methoxy groups -OCH3 is 1. The van der Waals surface area contributed by atoms with Gasteiger partial charge in [-0.25, -0.2) is 0 Å². The van der Waals surface area contributed by atoms with Crippen LogP contribution in [0.25, 0.3) is 0 Å². The van der Waals surface area contributed by atoms with Crippen LogP contribution in [0.4, 0.5) is 0 Å². The van der Waals surface area contributed by atoms with Gasteiger partial charge in [-0.3, -0.25) is 4.68 Å². The monoisotopic (exact) mass is 259 g/mol. The molecule has 1 aromatic heterocycles. The van der Waals surface area contributed by atoms with E-state index in [1.54, 1.807) is 7.11 Å². The number of para-hydroxylation sites is 1. The second kappa shape index (κ2) is 6.38. The van der Waals surface area contributed by atoms with Crippen LogP contribution >= 0.6 is 0 Å². The molecular weight excluding hydrogens is 238 g/mol. The number of nitrogens with zero attached hydrogens (tertiary/aromatic N) is 2. The van der Waals surface area contributed by atoms with E-state index in [-0.39, 0.29) is 0 Å². The zero-order chi connectivity index (χ0) is 13.7. The Bertz CT molecular complexity index is 522. The molecule has 4 heteroatoms. The molecule has 1 unspecified atom stereocenters. The lowest BCUT2D eigenvalue weighted by atomic mass is 10.1. The number of nitrogens with one attached hydrogen (secondary N) is 1. The first kappa shape index (κ1) is 13.6. The summed E-state index contributed by atoms with van der Waals surface area (Å²) in [4.78, 5) is 0. The lowest BCUT2D eigenvalue weighted by Gasteiger charge is -2.15. The van der Waals surface area contributed by atoms with Crippen LogP contribution in [0.3, 0.4) is 0 Å². The Balaban J connectivity index is 1.90. The van der Waals surface area contributed by atoms with Crippen molar-refractivity contribution in [1.29, 1.82) is 0 Å². The molecule has 1 aromatic carbocycles. The quantitative estimate of drug-likeness (QED) is 0.864. The normalized spacial score (nSPS) is 12.4. The molecule has 2 aromatic rings. The van der Waals surface area contributed by atoms with Gasteiger partial charge in [0.2, 0.25) is 0 Å². The van der Waals surface area contributed by atoms with Gasteiger partial charge in [-0.15, -0.1) is 0 Å². The van der Waals surface area contributed by atoms with Crippen LogP contribution in [-0.2, 0) is 20.0 Å². The highest BCUT2D eigenvalue weighted by Crippen LogP contribution is 2.18. The van der Waals surface area contributed by atoms with E-state index in [0.29, 0.717) is 6.04 Å². The first-order valence-electron chi connectivity index (χ1n) is 6.53. The van der Waals surface area contributed by atoms with Crippen molar-refractivity contribution in [1.82, 2.24) is 15.1 Å². The smallest absolute Gasteiger partial charge is 0.122 e. The second-order valence-electron chi connectivity index (χ2n) is 4.74. The highest BCUT2D eigenvalue weighted by Gasteiger charge is 2.08. The molecule has 0 saturated carbocycles. The minimum atomic E-state index is 0.381. The summed E-state index contributed by atoms with van der Waals surface area (Å²) in [5, 5.41) is 7.67. The number of hydrogen-bond donors (Lipinski definition) is 1. The van der Waals surface area contributed by atoms with Gasteiger partial charge in [0.15, 0.2) is 0 Å². The van der Waals surface area contributed by atoms with Crippen molar-refractivity contribution in [2.24, 2.45) is 7.05 Å². The van der Waals surface area contributed by atoms with Crippen molar-refractivity contribution in [3.8, 4) is 5.75 Å². The molecule has 1 heterocycles. The van der Waals surface area contributed by atoms with Gasteiger partial charge in [-0.05, 0) is 31.0 Å². The van der Waals surface area contributed by atoms with E-state index in [1.165, 1.54) is 11.3 Å². The Hall–Kier alpha value is -1.81. The van der Waals surface area contributed by atoms with Crippen molar-refractivity contribution in [3.63, 3.8) is 0 Å². The van der Waals surface area contributed by atoms with Crippen LogP contribution in [0.5, 0.6) is 5.75 Å². The Kier molecular flexibility index (Phi) is 4.58. The summed E-state index contributed by atoms with van der Waals surface area (Å²) in [6.45, 7) is 3.01. The van der Waals surface area contributed by atoms with Gasteiger partial charge >= 0.3 is 0 Å². The molecule has 0 radical (unpaired) electrons. The first-order valence-corrected chi connectivity index (χ1v) is 6.53. The number of benzene rings is 1. The van der Waals surface area contributed by atoms with Crippen LogP contribution in [0.1, 0.15) is 18.2 Å². The first-order chi connectivity index (χ1) is 9.20. The zero-order valence-corrected chi connectivity index (χ0v) is 11.8. The third kappa shape index (κ3) is 3.58. The minimum absolute atomic E-state index is 0.381. The fourth-order valence-electron chi connectivity index (χ4n) is 2.13. The summed E-state index contributed by atoms with van der Waals surface area (Å²) >= 11 is 0. The van der Waals surface area contributed by atoms with Gasteiger partial charge in [0.1, 0.15) is 5.75 Å². The van der Waals surface area contributed by atoms with Gasteiger partial charge in [-0.2, -0.15) is 5.10 Å². The lowest BCUT2D eigenvalue weighted by Crippen LogP contribution is -2.28. The molecule has 1 N–H and O–H groups in total. The summed E-state index contributed by atoms with van der Waals surface area (Å²) < 4.78 is 7.27. The highest BCUT2D eigenvalue weighted by molar-refractivity contribution is 5.33. The molecule has 0 aliphatic carbocycles. The number of ether oxygens (including phenoxy) is 1. The van der Waals surface area contributed by atoms with E-state index >= 15 is 0 Å². The van der Waals surface area contributed by atoms with Gasteiger partial charge in [0.25, 0.3) is 0 Å². The Morgan fingerprint density at radius 1 is 1.32 bits per heavy atom. The SMILES string of the molecule is COc1ccccc1CC(C)NCc1ccnn1C. The Morgan fingerprint density at radius 2 is 2.11 bits per heavy atom. The maximum atomic E-state index is 5.37. The summed E-state index contributed by atoms with van der Waals surface area (Å²) in [6, 6.07) is 10.6. The zero-order valence-electron chi connectivity index (χ0n) is 11.8. The fourth-order valence-corrected chi connectivity index (χ4v) is 2.13. The second-order valence-corrected chi connectivity index (χ2v) is 4.74. The number of rotatable bonds is 6. The van der Waals surface area contributed by atoms with Crippen LogP contribution in [0.15, 0.2) is 36.5 Å². The molecule has 2 rings (SSSR count). The topological polar surface area (TPSA) is 39.1 Å². The summed E-state index contributed by atoms with van der Waals surface area (Å²) in [7, 11) is 3.68. The molecule has 0 bridgehead atoms. The highest BCUT2D eigenvalue weighted by atomic mass is 16.5. The van der Waals surface area contributed by atoms with E-state index < -0.39 is 0 Å². The molecule has 0 aliphatic heterocycles. The van der Waals surface area contributed by atoms with Crippen LogP contribution in [-0.4, -0.2) is 22.9 Å². The molecule has 0 fully saturated rings. The molecule has 0 aliphatic rings. The Labute approximate surface area is 114 Å². The van der Waals surface area contributed by atoms with Gasteiger partial charge < -0.3 is 10.1 Å². The van der Waals surface area contributed by atoms with E-state index in [4.69, 9.17) is 4.74 Å². The largest absolute Gasteiger partial charge is 0.496 e. The average Bonchev–Trinajstić information content (AvgIpc) is 2.82.